The van der Waals surface area contributed by atoms with Gasteiger partial charge in [-0.05, 0) is 43.7 Å². The van der Waals surface area contributed by atoms with E-state index in [0.29, 0.717) is 26.1 Å². The van der Waals surface area contributed by atoms with Crippen LogP contribution >= 0.6 is 11.6 Å². The first kappa shape index (κ1) is 19.6. The minimum atomic E-state index is -4.23. The highest BCUT2D eigenvalue weighted by Gasteiger charge is 2.34. The van der Waals surface area contributed by atoms with E-state index in [1.807, 2.05) is 0 Å². The standard InChI is InChI=1S/C17H18ClF5O3/c18-17(22,23)26-15-13(20)5-10(6-14(15)21)16-24-7-11(8-25-16)9-1-3-12(19)4-2-9/h5-6,9,11-12,16H,1-4,7-8H2. The third-order valence-electron chi connectivity index (χ3n) is 4.80. The highest BCUT2D eigenvalue weighted by molar-refractivity contribution is 6.20. The van der Waals surface area contributed by atoms with Crippen LogP contribution in [0.2, 0.25) is 0 Å². The molecule has 0 spiro atoms. The van der Waals surface area contributed by atoms with Crippen LogP contribution in [0.15, 0.2) is 12.1 Å². The molecule has 1 aliphatic heterocycles. The highest BCUT2D eigenvalue weighted by atomic mass is 35.5. The molecule has 1 heterocycles. The van der Waals surface area contributed by atoms with Gasteiger partial charge in [0, 0.05) is 23.1 Å². The predicted octanol–water partition coefficient (Wildman–Crippen LogP) is 5.32. The molecule has 0 N–H and O–H groups in total. The topological polar surface area (TPSA) is 27.7 Å². The lowest BCUT2D eigenvalue weighted by atomic mass is 9.80. The molecule has 1 aromatic rings. The molecule has 2 fully saturated rings. The zero-order valence-electron chi connectivity index (χ0n) is 13.7. The van der Waals surface area contributed by atoms with E-state index in [0.717, 1.165) is 25.0 Å². The molecule has 9 heteroatoms. The van der Waals surface area contributed by atoms with E-state index in [1.165, 1.54) is 0 Å². The molecule has 0 aromatic heterocycles. The molecule has 0 unspecified atom stereocenters. The van der Waals surface area contributed by atoms with Gasteiger partial charge in [0.1, 0.15) is 6.17 Å². The number of halogens is 6. The SMILES string of the molecule is Fc1cc(C2OCC(C3CCC(F)CC3)CO2)cc(F)c1OC(F)(F)Cl. The number of hydrogen-bond donors (Lipinski definition) is 0. The molecule has 3 nitrogen and oxygen atoms in total. The van der Waals surface area contributed by atoms with Crippen molar-refractivity contribution in [2.75, 3.05) is 13.2 Å². The number of alkyl halides is 4. The van der Waals surface area contributed by atoms with Gasteiger partial charge in [-0.2, -0.15) is 0 Å². The van der Waals surface area contributed by atoms with E-state index < -0.39 is 35.4 Å². The average molecular weight is 401 g/mol. The monoisotopic (exact) mass is 400 g/mol. The largest absolute Gasteiger partial charge is 0.487 e. The minimum Gasteiger partial charge on any atom is -0.414 e. The van der Waals surface area contributed by atoms with E-state index in [-0.39, 0.29) is 17.4 Å². The molecule has 0 amide bonds. The summed E-state index contributed by atoms with van der Waals surface area (Å²) in [7, 11) is 0. The van der Waals surface area contributed by atoms with Gasteiger partial charge in [0.05, 0.1) is 13.2 Å². The quantitative estimate of drug-likeness (QED) is 0.505. The van der Waals surface area contributed by atoms with Crippen LogP contribution in [0, 0.1) is 23.5 Å². The number of ether oxygens (including phenoxy) is 3. The van der Waals surface area contributed by atoms with E-state index in [1.54, 1.807) is 0 Å². The van der Waals surface area contributed by atoms with Crippen molar-refractivity contribution in [1.29, 1.82) is 0 Å². The van der Waals surface area contributed by atoms with Crippen LogP contribution in [-0.4, -0.2) is 25.0 Å². The smallest absolute Gasteiger partial charge is 0.414 e. The summed E-state index contributed by atoms with van der Waals surface area (Å²) < 4.78 is 81.1. The Labute approximate surface area is 152 Å². The lowest BCUT2D eigenvalue weighted by molar-refractivity contribution is -0.215. The van der Waals surface area contributed by atoms with Crippen molar-refractivity contribution in [3.05, 3.63) is 29.3 Å². The summed E-state index contributed by atoms with van der Waals surface area (Å²) >= 11 is 4.54. The number of hydrogen-bond acceptors (Lipinski definition) is 3. The fourth-order valence-corrected chi connectivity index (χ4v) is 3.54. The minimum absolute atomic E-state index is 0.0103. The zero-order chi connectivity index (χ0) is 18.9. The Morgan fingerprint density at radius 2 is 1.50 bits per heavy atom. The summed E-state index contributed by atoms with van der Waals surface area (Å²) in [6, 6.07) is 1.61. The molecule has 0 radical (unpaired) electrons. The summed E-state index contributed by atoms with van der Waals surface area (Å²) in [4.78, 5) is 0. The summed E-state index contributed by atoms with van der Waals surface area (Å²) in [5, 5.41) is 0. The van der Waals surface area contributed by atoms with Gasteiger partial charge < -0.3 is 14.2 Å². The van der Waals surface area contributed by atoms with Crippen LogP contribution in [0.5, 0.6) is 5.75 Å². The van der Waals surface area contributed by atoms with E-state index in [9.17, 15) is 22.0 Å². The molecular formula is C17H18ClF5O3. The first-order chi connectivity index (χ1) is 12.2. The van der Waals surface area contributed by atoms with Crippen molar-refractivity contribution in [3.63, 3.8) is 0 Å². The second-order valence-electron chi connectivity index (χ2n) is 6.63. The van der Waals surface area contributed by atoms with Crippen LogP contribution in [0.1, 0.15) is 37.5 Å². The molecule has 1 aliphatic carbocycles. The molecule has 26 heavy (non-hydrogen) atoms. The molecule has 0 atom stereocenters. The fraction of sp³-hybridized carbons (Fsp3) is 0.647. The van der Waals surface area contributed by atoms with Gasteiger partial charge in [0.15, 0.2) is 23.7 Å². The first-order valence-corrected chi connectivity index (χ1v) is 8.72. The third-order valence-corrected chi connectivity index (χ3v) is 4.88. The molecule has 1 saturated heterocycles. The zero-order valence-corrected chi connectivity index (χ0v) is 14.5. The Bertz CT molecular complexity index is 600. The van der Waals surface area contributed by atoms with E-state index in [2.05, 4.69) is 16.3 Å². The molecule has 146 valence electrons. The van der Waals surface area contributed by atoms with Crippen molar-refractivity contribution < 1.29 is 36.2 Å². The number of benzene rings is 1. The highest BCUT2D eigenvalue weighted by Crippen LogP contribution is 2.38. The Morgan fingerprint density at radius 1 is 0.962 bits per heavy atom. The second kappa shape index (κ2) is 7.86. The lowest BCUT2D eigenvalue weighted by Gasteiger charge is -2.36. The van der Waals surface area contributed by atoms with Gasteiger partial charge in [-0.25, -0.2) is 13.2 Å². The van der Waals surface area contributed by atoms with Crippen LogP contribution in [0.25, 0.3) is 0 Å². The van der Waals surface area contributed by atoms with Gasteiger partial charge >= 0.3 is 5.57 Å². The fourth-order valence-electron chi connectivity index (χ4n) is 3.46. The summed E-state index contributed by atoms with van der Waals surface area (Å²) in [6.45, 7) is 0.626. The van der Waals surface area contributed by atoms with Crippen LogP contribution in [0.3, 0.4) is 0 Å². The van der Waals surface area contributed by atoms with Crippen molar-refractivity contribution in [2.45, 2.75) is 43.7 Å². The van der Waals surface area contributed by atoms with Gasteiger partial charge in [-0.3, -0.25) is 0 Å². The maximum atomic E-state index is 13.9. The van der Waals surface area contributed by atoms with Crippen LogP contribution < -0.4 is 4.74 Å². The third kappa shape index (κ3) is 4.78. The molecule has 1 aromatic carbocycles. The predicted molar refractivity (Wildman–Crippen MR) is 82.8 cm³/mol. The van der Waals surface area contributed by atoms with Crippen molar-refractivity contribution in [1.82, 2.24) is 0 Å². The molecule has 3 rings (SSSR count). The van der Waals surface area contributed by atoms with Crippen molar-refractivity contribution in [3.8, 4) is 5.75 Å². The maximum Gasteiger partial charge on any atom is 0.487 e. The average Bonchev–Trinajstić information content (AvgIpc) is 2.58. The molecule has 1 saturated carbocycles. The summed E-state index contributed by atoms with van der Waals surface area (Å²) in [6.07, 6.45) is 0.785. The van der Waals surface area contributed by atoms with Gasteiger partial charge in [0.2, 0.25) is 0 Å². The summed E-state index contributed by atoms with van der Waals surface area (Å²) in [5.74, 6) is -3.57. The van der Waals surface area contributed by atoms with Crippen LogP contribution in [0.4, 0.5) is 22.0 Å². The molecular weight excluding hydrogens is 383 g/mol. The van der Waals surface area contributed by atoms with E-state index in [4.69, 9.17) is 9.47 Å². The second-order valence-corrected chi connectivity index (χ2v) is 7.07. The Morgan fingerprint density at radius 3 is 2.00 bits per heavy atom. The van der Waals surface area contributed by atoms with Crippen molar-refractivity contribution >= 4 is 11.6 Å². The number of rotatable bonds is 4. The van der Waals surface area contributed by atoms with Gasteiger partial charge in [-0.15, -0.1) is 8.78 Å². The Hall–Kier alpha value is -1.12. The lowest BCUT2D eigenvalue weighted by Crippen LogP contribution is -2.34. The Kier molecular flexibility index (Phi) is 5.94. The first-order valence-electron chi connectivity index (χ1n) is 8.35. The van der Waals surface area contributed by atoms with E-state index >= 15 is 0 Å². The molecule has 2 aliphatic rings. The summed E-state index contributed by atoms with van der Waals surface area (Å²) in [5.41, 5.74) is -4.22. The molecule has 0 bridgehead atoms. The van der Waals surface area contributed by atoms with Gasteiger partial charge in [0.25, 0.3) is 0 Å². The van der Waals surface area contributed by atoms with Crippen molar-refractivity contribution in [2.24, 2.45) is 11.8 Å². The maximum absolute atomic E-state index is 13.9. The van der Waals surface area contributed by atoms with Gasteiger partial charge in [-0.1, -0.05) is 0 Å². The van der Waals surface area contributed by atoms with Crippen LogP contribution in [-0.2, 0) is 9.47 Å². The Balaban J connectivity index is 1.62. The normalized spacial score (nSPS) is 30.2.